The van der Waals surface area contributed by atoms with E-state index < -0.39 is 12.1 Å². The van der Waals surface area contributed by atoms with Gasteiger partial charge in [0.2, 0.25) is 5.95 Å². The van der Waals surface area contributed by atoms with Crippen molar-refractivity contribution in [2.45, 2.75) is 31.4 Å². The van der Waals surface area contributed by atoms with Gasteiger partial charge >= 0.3 is 6.18 Å². The second kappa shape index (κ2) is 5.79. The number of nitrogens with zero attached hydrogens (tertiary/aromatic N) is 2. The fourth-order valence-corrected chi connectivity index (χ4v) is 4.65. The van der Waals surface area contributed by atoms with Crippen LogP contribution >= 0.6 is 11.3 Å². The van der Waals surface area contributed by atoms with Gasteiger partial charge in [0, 0.05) is 11.9 Å². The molecule has 5 nitrogen and oxygen atoms in total. The van der Waals surface area contributed by atoms with E-state index in [1.54, 1.807) is 7.05 Å². The van der Waals surface area contributed by atoms with E-state index in [1.165, 1.54) is 11.3 Å². The van der Waals surface area contributed by atoms with Gasteiger partial charge in [0.25, 0.3) is 0 Å². The lowest BCUT2D eigenvalue weighted by Gasteiger charge is -2.30. The van der Waals surface area contributed by atoms with Gasteiger partial charge in [-0.05, 0) is 37.3 Å². The zero-order chi connectivity index (χ0) is 16.8. The van der Waals surface area contributed by atoms with E-state index >= 15 is 0 Å². The monoisotopic (exact) mass is 345 g/mol. The average Bonchev–Trinajstić information content (AvgIpc) is 2.85. The van der Waals surface area contributed by atoms with Crippen LogP contribution in [-0.2, 0) is 6.42 Å². The molecule has 5 N–H and O–H groups in total. The molecule has 0 spiro atoms. The van der Waals surface area contributed by atoms with Crippen LogP contribution in [0.1, 0.15) is 29.2 Å². The minimum atomic E-state index is -4.22. The molecule has 2 atom stereocenters. The van der Waals surface area contributed by atoms with Gasteiger partial charge in [-0.1, -0.05) is 0 Å². The third-order valence-corrected chi connectivity index (χ3v) is 5.67. The number of nitrogen functional groups attached to an aromatic ring is 1. The molecule has 0 fully saturated rings. The first-order chi connectivity index (χ1) is 10.8. The maximum atomic E-state index is 13.3. The van der Waals surface area contributed by atoms with Crippen LogP contribution in [0, 0.1) is 5.92 Å². The second-order valence-electron chi connectivity index (χ2n) is 5.76. The summed E-state index contributed by atoms with van der Waals surface area (Å²) in [6.45, 7) is 0.357. The Morgan fingerprint density at radius 3 is 2.70 bits per heavy atom. The number of nitrogens with two attached hydrogens (primary N) is 2. The van der Waals surface area contributed by atoms with Gasteiger partial charge in [0.05, 0.1) is 16.1 Å². The lowest BCUT2D eigenvalue weighted by molar-refractivity contribution is -0.178. The predicted molar refractivity (Wildman–Crippen MR) is 85.7 cm³/mol. The van der Waals surface area contributed by atoms with Gasteiger partial charge in [-0.2, -0.15) is 18.2 Å². The number of halogens is 3. The number of aromatic nitrogens is 2. The van der Waals surface area contributed by atoms with Gasteiger partial charge < -0.3 is 16.8 Å². The summed E-state index contributed by atoms with van der Waals surface area (Å²) in [6.07, 6.45) is -3.66. The van der Waals surface area contributed by atoms with Crippen molar-refractivity contribution in [1.29, 1.82) is 0 Å². The maximum absolute atomic E-state index is 13.3. The molecule has 1 aliphatic rings. The van der Waals surface area contributed by atoms with Crippen LogP contribution in [0.5, 0.6) is 0 Å². The molecular weight excluding hydrogens is 327 g/mol. The van der Waals surface area contributed by atoms with Crippen LogP contribution in [0.2, 0.25) is 0 Å². The van der Waals surface area contributed by atoms with Gasteiger partial charge in [0.1, 0.15) is 5.82 Å². The molecule has 2 heterocycles. The van der Waals surface area contributed by atoms with Gasteiger partial charge in [0.15, 0.2) is 0 Å². The Hall–Kier alpha value is -1.61. The number of nitrogens with one attached hydrogen (secondary N) is 1. The lowest BCUT2D eigenvalue weighted by atomic mass is 9.79. The molecule has 2 unspecified atom stereocenters. The molecule has 0 radical (unpaired) electrons. The molecule has 0 saturated carbocycles. The van der Waals surface area contributed by atoms with Crippen molar-refractivity contribution >= 4 is 33.3 Å². The third-order valence-electron chi connectivity index (χ3n) is 4.28. The summed E-state index contributed by atoms with van der Waals surface area (Å²) in [7, 11) is 1.70. The molecule has 0 amide bonds. The van der Waals surface area contributed by atoms with Crippen LogP contribution in [-0.4, -0.2) is 29.7 Å². The first-order valence-corrected chi connectivity index (χ1v) is 8.20. The summed E-state index contributed by atoms with van der Waals surface area (Å²) < 4.78 is 40.6. The van der Waals surface area contributed by atoms with Crippen molar-refractivity contribution in [3.63, 3.8) is 0 Å². The zero-order valence-electron chi connectivity index (χ0n) is 12.6. The SMILES string of the molecule is CNc1nc(N)nc2c3c(sc12)C(CCN)CC(C(F)(F)F)C3. The fourth-order valence-electron chi connectivity index (χ4n) is 3.23. The van der Waals surface area contributed by atoms with E-state index in [0.717, 1.165) is 9.58 Å². The van der Waals surface area contributed by atoms with Crippen LogP contribution in [0.3, 0.4) is 0 Å². The van der Waals surface area contributed by atoms with Crippen molar-refractivity contribution in [3.8, 4) is 0 Å². The first kappa shape index (κ1) is 16.3. The van der Waals surface area contributed by atoms with Crippen LogP contribution in [0.15, 0.2) is 0 Å². The first-order valence-electron chi connectivity index (χ1n) is 7.38. The largest absolute Gasteiger partial charge is 0.392 e. The molecule has 0 aromatic carbocycles. The number of thiophene rings is 1. The third kappa shape index (κ3) is 2.83. The molecule has 1 aliphatic carbocycles. The summed E-state index contributed by atoms with van der Waals surface area (Å²) in [6, 6.07) is 0. The number of rotatable bonds is 3. The summed E-state index contributed by atoms with van der Waals surface area (Å²) in [5.74, 6) is -0.937. The number of fused-ring (bicyclic) bond motifs is 3. The molecule has 23 heavy (non-hydrogen) atoms. The lowest BCUT2D eigenvalue weighted by Crippen LogP contribution is -2.31. The van der Waals surface area contributed by atoms with E-state index in [9.17, 15) is 13.2 Å². The molecule has 0 bridgehead atoms. The average molecular weight is 345 g/mol. The Kier molecular flexibility index (Phi) is 4.09. The standard InChI is InChI=1S/C14H18F3N5S/c1-20-12-11-9(21-13(19)22-12)8-5-7(14(15,16)17)4-6(2-3-18)10(8)23-11/h6-7H,2-5,18H2,1H3,(H3,19,20,21,22). The highest BCUT2D eigenvalue weighted by Gasteiger charge is 2.45. The van der Waals surface area contributed by atoms with E-state index in [4.69, 9.17) is 11.5 Å². The smallest absolute Gasteiger partial charge is 0.372 e. The minimum Gasteiger partial charge on any atom is -0.372 e. The summed E-state index contributed by atoms with van der Waals surface area (Å²) >= 11 is 1.45. The van der Waals surface area contributed by atoms with Crippen LogP contribution in [0.25, 0.3) is 10.2 Å². The van der Waals surface area contributed by atoms with Crippen molar-refractivity contribution in [3.05, 3.63) is 10.4 Å². The topological polar surface area (TPSA) is 89.8 Å². The molecule has 126 valence electrons. The van der Waals surface area contributed by atoms with E-state index in [2.05, 4.69) is 15.3 Å². The van der Waals surface area contributed by atoms with Gasteiger partial charge in [-0.25, -0.2) is 4.98 Å². The molecule has 2 aromatic heterocycles. The maximum Gasteiger partial charge on any atom is 0.392 e. The Morgan fingerprint density at radius 2 is 2.09 bits per heavy atom. The molecule has 2 aromatic rings. The van der Waals surface area contributed by atoms with E-state index in [0.29, 0.717) is 29.9 Å². The predicted octanol–water partition coefficient (Wildman–Crippen LogP) is 2.87. The van der Waals surface area contributed by atoms with Crippen molar-refractivity contribution < 1.29 is 13.2 Å². The van der Waals surface area contributed by atoms with Crippen LogP contribution < -0.4 is 16.8 Å². The zero-order valence-corrected chi connectivity index (χ0v) is 13.4. The number of hydrogen-bond donors (Lipinski definition) is 3. The summed E-state index contributed by atoms with van der Waals surface area (Å²) in [5, 5.41) is 2.94. The quantitative estimate of drug-likeness (QED) is 0.796. The Labute approximate surface area is 135 Å². The van der Waals surface area contributed by atoms with Gasteiger partial charge in [-0.15, -0.1) is 11.3 Å². The second-order valence-corrected chi connectivity index (χ2v) is 6.81. The molecular formula is C14H18F3N5S. The number of hydrogen-bond acceptors (Lipinski definition) is 6. The highest BCUT2D eigenvalue weighted by atomic mass is 32.1. The normalized spacial score (nSPS) is 21.4. The minimum absolute atomic E-state index is 0.0560. The van der Waals surface area contributed by atoms with Gasteiger partial charge in [-0.3, -0.25) is 0 Å². The summed E-state index contributed by atoms with van der Waals surface area (Å²) in [4.78, 5) is 9.27. The molecule has 0 aliphatic heterocycles. The number of alkyl halides is 3. The van der Waals surface area contributed by atoms with E-state index in [1.807, 2.05) is 0 Å². The highest BCUT2D eigenvalue weighted by Crippen LogP contribution is 2.49. The Balaban J connectivity index is 2.18. The highest BCUT2D eigenvalue weighted by molar-refractivity contribution is 7.20. The Morgan fingerprint density at radius 1 is 1.35 bits per heavy atom. The van der Waals surface area contributed by atoms with Crippen molar-refractivity contribution in [2.24, 2.45) is 11.7 Å². The van der Waals surface area contributed by atoms with E-state index in [-0.39, 0.29) is 24.7 Å². The summed E-state index contributed by atoms with van der Waals surface area (Å²) in [5.41, 5.74) is 12.5. The molecule has 9 heteroatoms. The fraction of sp³-hybridized carbons (Fsp3) is 0.571. The molecule has 0 saturated heterocycles. The van der Waals surface area contributed by atoms with Crippen molar-refractivity contribution in [2.75, 3.05) is 24.6 Å². The Bertz CT molecular complexity index is 727. The van der Waals surface area contributed by atoms with Crippen LogP contribution in [0.4, 0.5) is 24.9 Å². The van der Waals surface area contributed by atoms with Crippen molar-refractivity contribution in [1.82, 2.24) is 9.97 Å². The number of anilines is 2. The molecule has 3 rings (SSSR count).